The van der Waals surface area contributed by atoms with E-state index in [9.17, 15) is 35.9 Å². The number of benzene rings is 3. The molecule has 1 heterocycles. The predicted octanol–water partition coefficient (Wildman–Crippen LogP) is 7.62. The molecule has 218 valence electrons. The van der Waals surface area contributed by atoms with Crippen molar-refractivity contribution in [1.29, 1.82) is 0 Å². The number of halogens is 6. The zero-order valence-corrected chi connectivity index (χ0v) is 22.3. The molecule has 0 bridgehead atoms. The molecular weight excluding hydrogens is 562 g/mol. The largest absolute Gasteiger partial charge is 0.416 e. The van der Waals surface area contributed by atoms with E-state index in [1.165, 1.54) is 6.20 Å². The summed E-state index contributed by atoms with van der Waals surface area (Å²) in [5.74, 6) is -1.73. The summed E-state index contributed by atoms with van der Waals surface area (Å²) in [5, 5.41) is 4.99. The molecule has 4 aromatic rings. The van der Waals surface area contributed by atoms with E-state index in [1.807, 2.05) is 31.2 Å². The zero-order valence-electron chi connectivity index (χ0n) is 22.3. The van der Waals surface area contributed by atoms with Gasteiger partial charge in [-0.25, -0.2) is 9.97 Å². The topological polar surface area (TPSA) is 84.0 Å². The maximum atomic E-state index is 13.2. The van der Waals surface area contributed by atoms with Crippen LogP contribution in [0.25, 0.3) is 11.3 Å². The van der Waals surface area contributed by atoms with Crippen LogP contribution < -0.4 is 10.6 Å². The highest BCUT2D eigenvalue weighted by molar-refractivity contribution is 6.03. The van der Waals surface area contributed by atoms with Gasteiger partial charge in [0.1, 0.15) is 0 Å². The second kappa shape index (κ2) is 12.0. The Morgan fingerprint density at radius 1 is 0.786 bits per heavy atom. The lowest BCUT2D eigenvalue weighted by molar-refractivity contribution is -0.143. The van der Waals surface area contributed by atoms with Crippen molar-refractivity contribution < 1.29 is 35.9 Å². The van der Waals surface area contributed by atoms with Gasteiger partial charge in [0.2, 0.25) is 11.9 Å². The lowest BCUT2D eigenvalue weighted by atomic mass is 10.0. The first-order chi connectivity index (χ1) is 19.7. The van der Waals surface area contributed by atoms with Crippen molar-refractivity contribution in [2.75, 3.05) is 10.6 Å². The fraction of sp³-hybridized carbons (Fsp3) is 0.200. The Labute approximate surface area is 236 Å². The molecule has 0 aliphatic rings. The molecule has 0 aliphatic heterocycles. The second-order valence-electron chi connectivity index (χ2n) is 9.53. The first-order valence-electron chi connectivity index (χ1n) is 12.6. The minimum absolute atomic E-state index is 0.0619. The van der Waals surface area contributed by atoms with Gasteiger partial charge in [-0.3, -0.25) is 14.9 Å². The fourth-order valence-corrected chi connectivity index (χ4v) is 4.13. The summed E-state index contributed by atoms with van der Waals surface area (Å²) in [5.41, 5.74) is 0.154. The van der Waals surface area contributed by atoms with Crippen LogP contribution in [-0.4, -0.2) is 21.8 Å². The number of aromatic nitrogens is 2. The molecule has 0 saturated heterocycles. The van der Waals surface area contributed by atoms with E-state index in [2.05, 4.69) is 20.6 Å². The van der Waals surface area contributed by atoms with Gasteiger partial charge in [0.05, 0.1) is 16.8 Å². The van der Waals surface area contributed by atoms with Gasteiger partial charge in [0.15, 0.2) is 0 Å². The molecule has 0 atom stereocenters. The molecule has 0 radical (unpaired) electrons. The molecule has 2 N–H and O–H groups in total. The highest BCUT2D eigenvalue weighted by atomic mass is 19.4. The van der Waals surface area contributed by atoms with Crippen molar-refractivity contribution in [2.45, 2.75) is 39.0 Å². The molecule has 12 heteroatoms. The maximum absolute atomic E-state index is 13.2. The third-order valence-electron chi connectivity index (χ3n) is 6.37. The van der Waals surface area contributed by atoms with Crippen LogP contribution in [0.3, 0.4) is 0 Å². The summed E-state index contributed by atoms with van der Waals surface area (Å²) in [6.07, 6.45) is -7.97. The summed E-state index contributed by atoms with van der Waals surface area (Å²) in [7, 11) is 0. The van der Waals surface area contributed by atoms with Crippen molar-refractivity contribution >= 4 is 23.5 Å². The number of amides is 2. The predicted molar refractivity (Wildman–Crippen MR) is 145 cm³/mol. The lowest BCUT2D eigenvalue weighted by Crippen LogP contribution is -2.18. The van der Waals surface area contributed by atoms with E-state index in [-0.39, 0.29) is 24.3 Å². The molecule has 6 nitrogen and oxygen atoms in total. The summed E-state index contributed by atoms with van der Waals surface area (Å²) in [6, 6.07) is 15.0. The average Bonchev–Trinajstić information content (AvgIpc) is 2.93. The summed E-state index contributed by atoms with van der Waals surface area (Å²) < 4.78 is 79.1. The van der Waals surface area contributed by atoms with Crippen LogP contribution in [0, 0.1) is 13.8 Å². The quantitative estimate of drug-likeness (QED) is 0.218. The molecule has 42 heavy (non-hydrogen) atoms. The number of hydrogen-bond donors (Lipinski definition) is 2. The fourth-order valence-electron chi connectivity index (χ4n) is 4.13. The van der Waals surface area contributed by atoms with Crippen LogP contribution in [0.15, 0.2) is 72.9 Å². The van der Waals surface area contributed by atoms with Gasteiger partial charge in [0, 0.05) is 29.4 Å². The second-order valence-corrected chi connectivity index (χ2v) is 9.53. The van der Waals surface area contributed by atoms with Crippen molar-refractivity contribution in [3.63, 3.8) is 0 Å². The molecule has 0 fully saturated rings. The van der Waals surface area contributed by atoms with Crippen molar-refractivity contribution in [3.05, 3.63) is 106 Å². The number of carbonyl (C=O) groups excluding carboxylic acids is 2. The van der Waals surface area contributed by atoms with Gasteiger partial charge in [0.25, 0.3) is 5.91 Å². The highest BCUT2D eigenvalue weighted by Crippen LogP contribution is 2.36. The Morgan fingerprint density at radius 2 is 1.40 bits per heavy atom. The van der Waals surface area contributed by atoms with E-state index in [0.717, 1.165) is 11.1 Å². The van der Waals surface area contributed by atoms with Crippen LogP contribution in [-0.2, 0) is 23.6 Å². The van der Waals surface area contributed by atoms with Gasteiger partial charge < -0.3 is 5.32 Å². The Morgan fingerprint density at radius 3 is 2.00 bits per heavy atom. The third-order valence-corrected chi connectivity index (χ3v) is 6.37. The number of nitrogens with one attached hydrogen (secondary N) is 2. The van der Waals surface area contributed by atoms with Crippen molar-refractivity contribution in [2.24, 2.45) is 0 Å². The minimum atomic E-state index is -5.10. The van der Waals surface area contributed by atoms with Gasteiger partial charge in [-0.05, 0) is 67.3 Å². The Balaban J connectivity index is 1.48. The molecule has 0 unspecified atom stereocenters. The maximum Gasteiger partial charge on any atom is 0.416 e. The number of alkyl halides is 6. The van der Waals surface area contributed by atoms with Crippen LogP contribution in [0.5, 0.6) is 0 Å². The Kier molecular flexibility index (Phi) is 8.64. The van der Waals surface area contributed by atoms with Crippen molar-refractivity contribution in [1.82, 2.24) is 9.97 Å². The standard InChI is InChI=1S/C30H24F6N4O2/c1-17-5-3-4-6-19(17)9-12-25(41)38-24-10-7-20(8-11-24)26-18(2)16-37-28(39-26)40-27(42)21-13-22(29(31,32)33)15-23(14-21)30(34,35)36/h3-8,10-11,13-16H,9,12H2,1-2H3,(H,38,41)(H,37,39,40,42). The number of aryl methyl sites for hydroxylation is 3. The van der Waals surface area contributed by atoms with Gasteiger partial charge in [-0.1, -0.05) is 36.4 Å². The van der Waals surface area contributed by atoms with Crippen molar-refractivity contribution in [3.8, 4) is 11.3 Å². The molecule has 1 aromatic heterocycles. The number of hydrogen-bond acceptors (Lipinski definition) is 4. The molecular formula is C30H24F6N4O2. The lowest BCUT2D eigenvalue weighted by Gasteiger charge is -2.14. The molecule has 2 amide bonds. The van der Waals surface area contributed by atoms with Crippen LogP contribution in [0.4, 0.5) is 38.0 Å². The van der Waals surface area contributed by atoms with E-state index >= 15 is 0 Å². The number of nitrogens with zero attached hydrogens (tertiary/aromatic N) is 2. The first-order valence-corrected chi connectivity index (χ1v) is 12.6. The van der Waals surface area contributed by atoms with E-state index in [0.29, 0.717) is 41.1 Å². The van der Waals surface area contributed by atoms with Gasteiger partial charge >= 0.3 is 12.4 Å². The average molecular weight is 587 g/mol. The van der Waals surface area contributed by atoms with E-state index in [1.54, 1.807) is 31.2 Å². The van der Waals surface area contributed by atoms with Crippen LogP contribution >= 0.6 is 0 Å². The van der Waals surface area contributed by atoms with E-state index < -0.39 is 35.0 Å². The molecule has 0 spiro atoms. The SMILES string of the molecule is Cc1ccccc1CCC(=O)Nc1ccc(-c2nc(NC(=O)c3cc(C(F)(F)F)cc(C(F)(F)F)c3)ncc2C)cc1. The van der Waals surface area contributed by atoms with Crippen LogP contribution in [0.2, 0.25) is 0 Å². The molecule has 4 rings (SSSR count). The monoisotopic (exact) mass is 586 g/mol. The number of anilines is 2. The summed E-state index contributed by atoms with van der Waals surface area (Å²) >= 11 is 0. The minimum Gasteiger partial charge on any atom is -0.326 e. The Bertz CT molecular complexity index is 1580. The van der Waals surface area contributed by atoms with Crippen LogP contribution in [0.1, 0.15) is 44.6 Å². The van der Waals surface area contributed by atoms with Gasteiger partial charge in [-0.15, -0.1) is 0 Å². The molecule has 3 aromatic carbocycles. The summed E-state index contributed by atoms with van der Waals surface area (Å²) in [6.45, 7) is 3.66. The molecule has 0 aliphatic carbocycles. The zero-order chi connectivity index (χ0) is 30.7. The molecule has 0 saturated carbocycles. The summed E-state index contributed by atoms with van der Waals surface area (Å²) in [4.78, 5) is 33.2. The van der Waals surface area contributed by atoms with Gasteiger partial charge in [-0.2, -0.15) is 26.3 Å². The smallest absolute Gasteiger partial charge is 0.326 e. The number of carbonyl (C=O) groups is 2. The normalized spacial score (nSPS) is 11.7. The number of rotatable bonds is 7. The highest BCUT2D eigenvalue weighted by Gasteiger charge is 2.37. The Hall–Kier alpha value is -4.74. The third kappa shape index (κ3) is 7.50. The first kappa shape index (κ1) is 30.2. The van der Waals surface area contributed by atoms with E-state index in [4.69, 9.17) is 0 Å².